The largest absolute Gasteiger partial charge is 0.234 e. The van der Waals surface area contributed by atoms with Gasteiger partial charge < -0.3 is 0 Å². The zero-order valence-electron chi connectivity index (χ0n) is 10.4. The van der Waals surface area contributed by atoms with E-state index in [1.165, 1.54) is 0 Å². The Hall–Kier alpha value is -2.53. The van der Waals surface area contributed by atoms with Crippen molar-refractivity contribution in [3.05, 3.63) is 54.6 Å². The van der Waals surface area contributed by atoms with Crippen LogP contribution in [-0.4, -0.2) is 20.4 Å². The molecule has 2 heterocycles. The highest BCUT2D eigenvalue weighted by Gasteiger charge is 2.15. The Labute approximate surface area is 119 Å². The summed E-state index contributed by atoms with van der Waals surface area (Å²) in [5.41, 5.74) is 3.67. The Morgan fingerprint density at radius 3 is 2.40 bits per heavy atom. The molecule has 0 aliphatic carbocycles. The lowest BCUT2D eigenvalue weighted by atomic mass is 10.1. The minimum Gasteiger partial charge on any atom is -0.234 e. The molecule has 0 saturated carbocycles. The van der Waals surface area contributed by atoms with E-state index < -0.39 is 0 Å². The van der Waals surface area contributed by atoms with E-state index in [1.54, 1.807) is 11.3 Å². The Balaban J connectivity index is 1.89. The van der Waals surface area contributed by atoms with Crippen molar-refractivity contribution in [2.45, 2.75) is 0 Å². The minimum atomic E-state index is 0.803. The van der Waals surface area contributed by atoms with Crippen molar-refractivity contribution in [2.75, 3.05) is 0 Å². The highest BCUT2D eigenvalue weighted by atomic mass is 32.1. The minimum absolute atomic E-state index is 0.803. The summed E-state index contributed by atoms with van der Waals surface area (Å²) in [5, 5.41) is 12.1. The van der Waals surface area contributed by atoms with Crippen molar-refractivity contribution in [1.29, 1.82) is 0 Å². The summed E-state index contributed by atoms with van der Waals surface area (Å²) in [6, 6.07) is 18.1. The Morgan fingerprint density at radius 2 is 1.55 bits per heavy atom. The lowest BCUT2D eigenvalue weighted by Gasteiger charge is -1.97. The van der Waals surface area contributed by atoms with Gasteiger partial charge in [0, 0.05) is 5.56 Å². The Kier molecular flexibility index (Phi) is 2.57. The van der Waals surface area contributed by atoms with E-state index in [1.807, 2.05) is 48.5 Å². The van der Waals surface area contributed by atoms with Gasteiger partial charge in [-0.15, -0.1) is 11.3 Å². The number of nitrogens with one attached hydrogen (secondary N) is 1. The van der Waals surface area contributed by atoms with Gasteiger partial charge in [-0.3, -0.25) is 0 Å². The second-order valence-corrected chi connectivity index (χ2v) is 5.40. The number of aromatic nitrogens is 4. The van der Waals surface area contributed by atoms with Crippen LogP contribution >= 0.6 is 11.3 Å². The van der Waals surface area contributed by atoms with Crippen LogP contribution in [0.15, 0.2) is 54.6 Å². The zero-order valence-corrected chi connectivity index (χ0v) is 11.3. The molecule has 0 spiro atoms. The van der Waals surface area contributed by atoms with Crippen molar-refractivity contribution >= 4 is 21.6 Å². The molecule has 0 radical (unpaired) electrons. The lowest BCUT2D eigenvalue weighted by molar-refractivity contribution is 0.944. The number of hydrogen-bond donors (Lipinski definition) is 1. The number of benzene rings is 2. The standard InChI is InChI=1S/C15H10N4S/c1-2-6-10(7-3-1)13-14(18-19-17-13)15-16-11-8-4-5-9-12(11)20-15/h1-9H,(H,17,18,19). The predicted octanol–water partition coefficient (Wildman–Crippen LogP) is 3.75. The zero-order chi connectivity index (χ0) is 13.4. The monoisotopic (exact) mass is 278 g/mol. The van der Waals surface area contributed by atoms with Crippen molar-refractivity contribution in [2.24, 2.45) is 0 Å². The number of aromatic amines is 1. The van der Waals surface area contributed by atoms with Crippen LogP contribution in [0.3, 0.4) is 0 Å². The SMILES string of the molecule is c1ccc(-c2n[nH]nc2-c2nc3ccccc3s2)cc1. The summed E-state index contributed by atoms with van der Waals surface area (Å²) in [6.07, 6.45) is 0. The average molecular weight is 278 g/mol. The van der Waals surface area contributed by atoms with E-state index in [9.17, 15) is 0 Å². The van der Waals surface area contributed by atoms with E-state index in [2.05, 4.69) is 26.5 Å². The van der Waals surface area contributed by atoms with Gasteiger partial charge in [0.2, 0.25) is 0 Å². The van der Waals surface area contributed by atoms with Gasteiger partial charge in [0.15, 0.2) is 0 Å². The van der Waals surface area contributed by atoms with E-state index >= 15 is 0 Å². The number of thiazole rings is 1. The molecule has 0 aliphatic rings. The molecular formula is C15H10N4S. The van der Waals surface area contributed by atoms with Crippen molar-refractivity contribution in [3.63, 3.8) is 0 Å². The summed E-state index contributed by atoms with van der Waals surface area (Å²) < 4.78 is 1.16. The van der Waals surface area contributed by atoms with Crippen LogP contribution in [0.2, 0.25) is 0 Å². The molecule has 1 N–H and O–H groups in total. The third-order valence-corrected chi connectivity index (χ3v) is 4.13. The molecule has 2 aromatic heterocycles. The fraction of sp³-hybridized carbons (Fsp3) is 0. The van der Waals surface area contributed by atoms with Crippen LogP contribution in [-0.2, 0) is 0 Å². The molecule has 0 bridgehead atoms. The first kappa shape index (κ1) is 11.3. The molecular weight excluding hydrogens is 268 g/mol. The third-order valence-electron chi connectivity index (χ3n) is 3.09. The van der Waals surface area contributed by atoms with Gasteiger partial charge in [-0.25, -0.2) is 4.98 Å². The van der Waals surface area contributed by atoms with Gasteiger partial charge in [-0.05, 0) is 12.1 Å². The van der Waals surface area contributed by atoms with Crippen LogP contribution in [0.25, 0.3) is 32.2 Å². The molecule has 0 fully saturated rings. The highest BCUT2D eigenvalue weighted by molar-refractivity contribution is 7.21. The number of para-hydroxylation sites is 1. The number of hydrogen-bond acceptors (Lipinski definition) is 4. The van der Waals surface area contributed by atoms with Gasteiger partial charge in [-0.2, -0.15) is 15.4 Å². The summed E-state index contributed by atoms with van der Waals surface area (Å²) in [7, 11) is 0. The Bertz CT molecular complexity index is 831. The van der Waals surface area contributed by atoms with Crippen LogP contribution in [0.5, 0.6) is 0 Å². The molecule has 0 atom stereocenters. The average Bonchev–Trinajstić information content (AvgIpc) is 3.14. The summed E-state index contributed by atoms with van der Waals surface area (Å²) >= 11 is 1.63. The van der Waals surface area contributed by atoms with Crippen LogP contribution in [0.4, 0.5) is 0 Å². The second kappa shape index (κ2) is 4.54. The summed E-state index contributed by atoms with van der Waals surface area (Å²) in [5.74, 6) is 0. The first-order valence-electron chi connectivity index (χ1n) is 6.24. The quantitative estimate of drug-likeness (QED) is 0.607. The molecule has 20 heavy (non-hydrogen) atoms. The maximum atomic E-state index is 4.64. The number of H-pyrrole nitrogens is 1. The van der Waals surface area contributed by atoms with E-state index in [0.717, 1.165) is 32.2 Å². The maximum Gasteiger partial charge on any atom is 0.149 e. The van der Waals surface area contributed by atoms with Gasteiger partial charge in [-0.1, -0.05) is 42.5 Å². The first-order valence-corrected chi connectivity index (χ1v) is 7.05. The van der Waals surface area contributed by atoms with E-state index in [-0.39, 0.29) is 0 Å². The van der Waals surface area contributed by atoms with Gasteiger partial charge in [0.1, 0.15) is 16.4 Å². The Morgan fingerprint density at radius 1 is 0.800 bits per heavy atom. The fourth-order valence-electron chi connectivity index (χ4n) is 2.15. The summed E-state index contributed by atoms with van der Waals surface area (Å²) in [6.45, 7) is 0. The van der Waals surface area contributed by atoms with Crippen LogP contribution < -0.4 is 0 Å². The molecule has 2 aromatic carbocycles. The highest BCUT2D eigenvalue weighted by Crippen LogP contribution is 2.33. The third kappa shape index (κ3) is 1.80. The topological polar surface area (TPSA) is 54.5 Å². The second-order valence-electron chi connectivity index (χ2n) is 4.37. The van der Waals surface area contributed by atoms with Crippen LogP contribution in [0, 0.1) is 0 Å². The lowest BCUT2D eigenvalue weighted by Crippen LogP contribution is -1.82. The molecule has 0 aliphatic heterocycles. The number of fused-ring (bicyclic) bond motifs is 1. The fourth-order valence-corrected chi connectivity index (χ4v) is 3.11. The molecule has 96 valence electrons. The molecule has 5 heteroatoms. The summed E-state index contributed by atoms with van der Waals surface area (Å²) in [4.78, 5) is 4.64. The van der Waals surface area contributed by atoms with Crippen molar-refractivity contribution in [3.8, 4) is 22.0 Å². The maximum absolute atomic E-state index is 4.64. The predicted molar refractivity (Wildman–Crippen MR) is 80.4 cm³/mol. The number of nitrogens with zero attached hydrogens (tertiary/aromatic N) is 3. The molecule has 4 aromatic rings. The number of rotatable bonds is 2. The van der Waals surface area contributed by atoms with E-state index in [0.29, 0.717) is 0 Å². The van der Waals surface area contributed by atoms with Crippen molar-refractivity contribution in [1.82, 2.24) is 20.4 Å². The molecule has 4 nitrogen and oxygen atoms in total. The van der Waals surface area contributed by atoms with Crippen LogP contribution in [0.1, 0.15) is 0 Å². The van der Waals surface area contributed by atoms with Gasteiger partial charge in [0.05, 0.1) is 10.2 Å². The van der Waals surface area contributed by atoms with Gasteiger partial charge >= 0.3 is 0 Å². The molecule has 0 amide bonds. The van der Waals surface area contributed by atoms with E-state index in [4.69, 9.17) is 0 Å². The smallest absolute Gasteiger partial charge is 0.149 e. The van der Waals surface area contributed by atoms with Gasteiger partial charge in [0.25, 0.3) is 0 Å². The molecule has 4 rings (SSSR count). The van der Waals surface area contributed by atoms with Crippen molar-refractivity contribution < 1.29 is 0 Å². The molecule has 0 unspecified atom stereocenters. The first-order chi connectivity index (χ1) is 9.92. The normalized spacial score (nSPS) is 11.0. The molecule has 0 saturated heterocycles.